The molecular weight excluding hydrogens is 506 g/mol. The van der Waals surface area contributed by atoms with Crippen LogP contribution in [0.4, 0.5) is 8.78 Å². The molecule has 39 heavy (non-hydrogen) atoms. The molecule has 1 saturated carbocycles. The molecule has 6 rings (SSSR count). The van der Waals surface area contributed by atoms with E-state index in [2.05, 4.69) is 10.6 Å². The van der Waals surface area contributed by atoms with Crippen molar-refractivity contribution in [3.8, 4) is 17.2 Å². The van der Waals surface area contributed by atoms with Crippen LogP contribution in [0.1, 0.15) is 36.8 Å². The Balaban J connectivity index is 1.35. The summed E-state index contributed by atoms with van der Waals surface area (Å²) in [6.07, 6.45) is 0.259. The second-order valence-corrected chi connectivity index (χ2v) is 11.0. The number of hydrogen-bond donors (Lipinski definition) is 3. The van der Waals surface area contributed by atoms with Crippen LogP contribution in [0.15, 0.2) is 48.5 Å². The molecule has 3 N–H and O–H groups in total. The number of alkyl halides is 2. The third kappa shape index (κ3) is 3.82. The molecule has 3 amide bonds. The molecule has 2 saturated heterocycles. The lowest BCUT2D eigenvalue weighted by Crippen LogP contribution is -2.55. The number of aliphatic hydroxyl groups is 1. The van der Waals surface area contributed by atoms with Crippen LogP contribution >= 0.6 is 0 Å². The van der Waals surface area contributed by atoms with E-state index in [1.165, 1.54) is 0 Å². The number of carbonyl (C=O) groups excluding carboxylic acids is 3. The van der Waals surface area contributed by atoms with Crippen LogP contribution in [0.25, 0.3) is 11.1 Å². The Morgan fingerprint density at radius 3 is 2.36 bits per heavy atom. The second kappa shape index (κ2) is 9.12. The molecule has 2 aromatic rings. The highest BCUT2D eigenvalue weighted by Crippen LogP contribution is 2.54. The van der Waals surface area contributed by atoms with Crippen molar-refractivity contribution in [1.82, 2.24) is 15.5 Å². The van der Waals surface area contributed by atoms with Crippen LogP contribution in [0.5, 0.6) is 0 Å². The molecule has 0 bridgehead atoms. The first-order chi connectivity index (χ1) is 18.7. The van der Waals surface area contributed by atoms with E-state index < -0.39 is 59.6 Å². The van der Waals surface area contributed by atoms with Crippen molar-refractivity contribution in [2.75, 3.05) is 13.1 Å². The predicted octanol–water partition coefficient (Wildman–Crippen LogP) is 2.31. The summed E-state index contributed by atoms with van der Waals surface area (Å²) < 4.78 is 29.9. The lowest BCUT2D eigenvalue weighted by molar-refractivity contribution is -0.153. The summed E-state index contributed by atoms with van der Waals surface area (Å²) >= 11 is 0. The molecule has 10 heteroatoms. The Labute approximate surface area is 224 Å². The second-order valence-electron chi connectivity index (χ2n) is 11.0. The van der Waals surface area contributed by atoms with Crippen molar-refractivity contribution in [2.45, 2.75) is 49.3 Å². The fourth-order valence-corrected chi connectivity index (χ4v) is 7.01. The van der Waals surface area contributed by atoms with Gasteiger partial charge >= 0.3 is 0 Å². The predicted molar refractivity (Wildman–Crippen MR) is 135 cm³/mol. The zero-order valence-electron chi connectivity index (χ0n) is 21.1. The molecule has 3 fully saturated rings. The van der Waals surface area contributed by atoms with E-state index in [1.807, 2.05) is 6.07 Å². The third-order valence-electron chi connectivity index (χ3n) is 8.92. The summed E-state index contributed by atoms with van der Waals surface area (Å²) in [7, 11) is 0. The zero-order valence-corrected chi connectivity index (χ0v) is 21.1. The van der Waals surface area contributed by atoms with Gasteiger partial charge in [-0.25, -0.2) is 8.78 Å². The molecule has 4 aliphatic rings. The highest BCUT2D eigenvalue weighted by atomic mass is 19.3. The number of benzene rings is 2. The zero-order chi connectivity index (χ0) is 27.5. The number of nitrogens with one attached hydrogen (secondary N) is 2. The highest BCUT2D eigenvalue weighted by Gasteiger charge is 2.63. The molecule has 2 aromatic carbocycles. The van der Waals surface area contributed by atoms with Gasteiger partial charge in [0.25, 0.3) is 11.8 Å². The summed E-state index contributed by atoms with van der Waals surface area (Å²) in [5, 5.41) is 27.1. The van der Waals surface area contributed by atoms with Gasteiger partial charge in [0, 0.05) is 42.5 Å². The molecule has 2 aliphatic carbocycles. The van der Waals surface area contributed by atoms with E-state index in [1.54, 1.807) is 48.5 Å². The number of likely N-dealkylation sites (tertiary alicyclic amines) is 1. The molecule has 0 aromatic heterocycles. The maximum atomic E-state index is 14.9. The van der Waals surface area contributed by atoms with Gasteiger partial charge in [0.05, 0.1) is 6.07 Å². The number of fused-ring (bicyclic) bond motifs is 4. The van der Waals surface area contributed by atoms with Crippen LogP contribution in [-0.4, -0.2) is 58.8 Å². The number of rotatable bonds is 5. The van der Waals surface area contributed by atoms with Gasteiger partial charge < -0.3 is 20.6 Å². The summed E-state index contributed by atoms with van der Waals surface area (Å²) in [6, 6.07) is 13.5. The van der Waals surface area contributed by atoms with Gasteiger partial charge in [0.15, 0.2) is 5.60 Å². The third-order valence-corrected chi connectivity index (χ3v) is 8.92. The molecule has 2 heterocycles. The largest absolute Gasteiger partial charge is 0.372 e. The normalized spacial score (nSPS) is 28.2. The first-order valence-corrected chi connectivity index (χ1v) is 13.2. The number of carbonyl (C=O) groups is 3. The lowest BCUT2D eigenvalue weighted by atomic mass is 9.88. The molecule has 3 unspecified atom stereocenters. The minimum Gasteiger partial charge on any atom is -0.372 e. The molecule has 0 spiro atoms. The summed E-state index contributed by atoms with van der Waals surface area (Å²) in [4.78, 5) is 41.0. The van der Waals surface area contributed by atoms with Crippen LogP contribution in [0.2, 0.25) is 0 Å². The van der Waals surface area contributed by atoms with Crippen molar-refractivity contribution >= 4 is 17.7 Å². The summed E-state index contributed by atoms with van der Waals surface area (Å²) in [5.74, 6) is -7.33. The maximum Gasteiger partial charge on any atom is 0.264 e. The minimum atomic E-state index is -3.07. The Morgan fingerprint density at radius 1 is 1.13 bits per heavy atom. The van der Waals surface area contributed by atoms with Gasteiger partial charge in [-0.2, -0.15) is 5.26 Å². The Kier molecular flexibility index (Phi) is 5.95. The number of amides is 3. The molecule has 8 nitrogen and oxygen atoms in total. The lowest BCUT2D eigenvalue weighted by Gasteiger charge is -2.34. The van der Waals surface area contributed by atoms with Crippen molar-refractivity contribution in [2.24, 2.45) is 17.8 Å². The van der Waals surface area contributed by atoms with Crippen molar-refractivity contribution in [3.63, 3.8) is 0 Å². The van der Waals surface area contributed by atoms with Gasteiger partial charge in [-0.15, -0.1) is 0 Å². The van der Waals surface area contributed by atoms with Gasteiger partial charge in [-0.1, -0.05) is 48.5 Å². The molecule has 0 radical (unpaired) electrons. The van der Waals surface area contributed by atoms with Crippen molar-refractivity contribution in [1.29, 1.82) is 5.26 Å². The van der Waals surface area contributed by atoms with Gasteiger partial charge in [-0.05, 0) is 36.3 Å². The van der Waals surface area contributed by atoms with E-state index in [0.29, 0.717) is 35.2 Å². The average Bonchev–Trinajstić information content (AvgIpc) is 3.66. The Bertz CT molecular complexity index is 1360. The fourth-order valence-electron chi connectivity index (χ4n) is 7.01. The standard InChI is InChI=1S/C29H28F2N4O4/c30-28(31)11-9-20-23(28)15-35(24(20)26(37)34-17(14-32)13-16-10-12-33-25(16)36)27(38)29(39)21-7-3-1-5-18(21)19-6-2-4-8-22(19)29/h1-8,16-17,20,23-24,39H,9-13,15H2,(H,33,36)(H,34,37)/t16-,17-,20?,23?,24?/m0/s1. The Morgan fingerprint density at radius 2 is 1.77 bits per heavy atom. The van der Waals surface area contributed by atoms with E-state index in [0.717, 1.165) is 4.90 Å². The minimum absolute atomic E-state index is 0.0351. The average molecular weight is 535 g/mol. The summed E-state index contributed by atoms with van der Waals surface area (Å²) in [6.45, 7) is 0.102. The Hall–Kier alpha value is -3.84. The van der Waals surface area contributed by atoms with Crippen LogP contribution in [0.3, 0.4) is 0 Å². The summed E-state index contributed by atoms with van der Waals surface area (Å²) in [5.41, 5.74) is -0.165. The van der Waals surface area contributed by atoms with Crippen molar-refractivity contribution in [3.05, 3.63) is 59.7 Å². The van der Waals surface area contributed by atoms with Gasteiger partial charge in [0.1, 0.15) is 12.1 Å². The monoisotopic (exact) mass is 534 g/mol. The smallest absolute Gasteiger partial charge is 0.264 e. The quantitative estimate of drug-likeness (QED) is 0.544. The number of halogens is 2. The molecule has 202 valence electrons. The van der Waals surface area contributed by atoms with Gasteiger partial charge in [-0.3, -0.25) is 14.4 Å². The van der Waals surface area contributed by atoms with Crippen LogP contribution in [-0.2, 0) is 20.0 Å². The molecule has 2 aliphatic heterocycles. The molecule has 5 atom stereocenters. The van der Waals surface area contributed by atoms with Crippen LogP contribution < -0.4 is 10.6 Å². The van der Waals surface area contributed by atoms with E-state index in [9.17, 15) is 33.5 Å². The van der Waals surface area contributed by atoms with Crippen LogP contribution in [0, 0.1) is 29.1 Å². The fraction of sp³-hybridized carbons (Fsp3) is 0.448. The van der Waals surface area contributed by atoms with Crippen molar-refractivity contribution < 1.29 is 28.3 Å². The topological polar surface area (TPSA) is 123 Å². The highest BCUT2D eigenvalue weighted by molar-refractivity contribution is 6.01. The van der Waals surface area contributed by atoms with E-state index in [4.69, 9.17) is 0 Å². The SMILES string of the molecule is N#C[C@H](C[C@@H]1CCNC1=O)NC(=O)C1C2CCC(F)(F)C2CN1C(=O)C1(O)c2ccccc2-c2ccccc21. The first-order valence-electron chi connectivity index (χ1n) is 13.2. The van der Waals surface area contributed by atoms with E-state index >= 15 is 0 Å². The molecular formula is C29H28F2N4O4. The maximum absolute atomic E-state index is 14.9. The number of nitriles is 1. The first kappa shape index (κ1) is 25.4. The van der Waals surface area contributed by atoms with E-state index in [-0.39, 0.29) is 25.3 Å². The number of nitrogens with zero attached hydrogens (tertiary/aromatic N) is 2. The number of hydrogen-bond acceptors (Lipinski definition) is 5. The van der Waals surface area contributed by atoms with Gasteiger partial charge in [0.2, 0.25) is 11.8 Å².